The Hall–Kier alpha value is -1.90. The monoisotopic (exact) mass is 254 g/mol. The molecule has 0 aliphatic heterocycles. The number of carbonyl (C=O) groups is 1. The summed E-state index contributed by atoms with van der Waals surface area (Å²) in [7, 11) is 0. The summed E-state index contributed by atoms with van der Waals surface area (Å²) in [6, 6.07) is 0.645. The molecule has 0 spiro atoms. The van der Waals surface area contributed by atoms with E-state index in [9.17, 15) is 22.4 Å². The average molecular weight is 254 g/mol. The Morgan fingerprint density at radius 1 is 1.53 bits per heavy atom. The minimum absolute atomic E-state index is 0.360. The number of hydrogen-bond donors (Lipinski definition) is 2. The molecule has 0 aliphatic carbocycles. The molecule has 94 valence electrons. The third-order valence-electron chi connectivity index (χ3n) is 1.68. The summed E-state index contributed by atoms with van der Waals surface area (Å²) in [5.41, 5.74) is 3.85. The molecule has 1 heterocycles. The zero-order valence-corrected chi connectivity index (χ0v) is 8.08. The minimum Gasteiger partial charge on any atom is -0.478 e. The van der Waals surface area contributed by atoms with Gasteiger partial charge >= 0.3 is 12.3 Å². The number of pyridine rings is 1. The zero-order chi connectivity index (χ0) is 13.2. The first-order valence-corrected chi connectivity index (χ1v) is 4.13. The molecular weight excluding hydrogens is 248 g/mol. The van der Waals surface area contributed by atoms with Crippen molar-refractivity contribution in [3.05, 3.63) is 23.1 Å². The van der Waals surface area contributed by atoms with E-state index in [-0.39, 0.29) is 5.56 Å². The number of ether oxygens (including phenoxy) is 1. The van der Waals surface area contributed by atoms with Crippen molar-refractivity contribution in [2.45, 2.75) is 12.9 Å². The molecular formula is C8H6F4N2O3. The number of carboxylic acids is 1. The molecule has 9 heteroatoms. The normalized spacial score (nSPS) is 11.4. The van der Waals surface area contributed by atoms with Gasteiger partial charge in [-0.05, 0) is 6.07 Å². The van der Waals surface area contributed by atoms with Gasteiger partial charge in [0.25, 0.3) is 0 Å². The molecule has 0 aromatic carbocycles. The Morgan fingerprint density at radius 3 is 2.53 bits per heavy atom. The van der Waals surface area contributed by atoms with Crippen LogP contribution >= 0.6 is 0 Å². The van der Waals surface area contributed by atoms with Gasteiger partial charge in [-0.15, -0.1) is 13.2 Å². The van der Waals surface area contributed by atoms with E-state index in [1.165, 1.54) is 0 Å². The number of hydrogen-bond acceptors (Lipinski definition) is 4. The molecule has 0 bridgehead atoms. The molecule has 0 radical (unpaired) electrons. The molecule has 0 fully saturated rings. The number of nitrogens with zero attached hydrogens (tertiary/aromatic N) is 1. The molecule has 5 nitrogen and oxygen atoms in total. The van der Waals surface area contributed by atoms with Crippen molar-refractivity contribution in [1.82, 2.24) is 4.98 Å². The van der Waals surface area contributed by atoms with Crippen LogP contribution in [0.25, 0.3) is 0 Å². The zero-order valence-electron chi connectivity index (χ0n) is 8.08. The summed E-state index contributed by atoms with van der Waals surface area (Å²) in [5, 5.41) is 8.53. The maximum Gasteiger partial charge on any atom is 0.574 e. The number of carboxylic acid groups (broad SMARTS) is 1. The summed E-state index contributed by atoms with van der Waals surface area (Å²) < 4.78 is 52.1. The second-order valence-corrected chi connectivity index (χ2v) is 2.85. The van der Waals surface area contributed by atoms with Crippen molar-refractivity contribution >= 4 is 5.97 Å². The number of rotatable bonds is 3. The topological polar surface area (TPSA) is 85.4 Å². The molecule has 3 N–H and O–H groups in total. The molecule has 1 aromatic heterocycles. The molecule has 17 heavy (non-hydrogen) atoms. The molecule has 0 saturated carbocycles. The van der Waals surface area contributed by atoms with E-state index in [0.717, 1.165) is 0 Å². The van der Waals surface area contributed by atoms with Crippen LogP contribution in [-0.4, -0.2) is 22.4 Å². The molecule has 0 unspecified atom stereocenters. The fourth-order valence-electron chi connectivity index (χ4n) is 1.01. The Morgan fingerprint density at radius 2 is 2.12 bits per heavy atom. The molecule has 0 atom stereocenters. The summed E-state index contributed by atoms with van der Waals surface area (Å²) in [5.74, 6) is -4.33. The summed E-state index contributed by atoms with van der Waals surface area (Å²) in [6.07, 6.45) is -5.06. The Bertz CT molecular complexity index is 447. The lowest BCUT2D eigenvalue weighted by Crippen LogP contribution is -2.21. The number of halogens is 4. The fraction of sp³-hybridized carbons (Fsp3) is 0.250. The molecule has 0 saturated heterocycles. The van der Waals surface area contributed by atoms with Crippen LogP contribution in [0.5, 0.6) is 5.88 Å². The number of aromatic carboxylic acids is 1. The van der Waals surface area contributed by atoms with Crippen LogP contribution in [0.3, 0.4) is 0 Å². The van der Waals surface area contributed by atoms with Gasteiger partial charge in [0.2, 0.25) is 11.8 Å². The van der Waals surface area contributed by atoms with Crippen molar-refractivity contribution in [3.8, 4) is 5.88 Å². The van der Waals surface area contributed by atoms with Crippen LogP contribution in [0.15, 0.2) is 6.07 Å². The first-order chi connectivity index (χ1) is 7.74. The van der Waals surface area contributed by atoms with Gasteiger partial charge in [0.05, 0.1) is 0 Å². The van der Waals surface area contributed by atoms with Crippen LogP contribution in [-0.2, 0) is 6.54 Å². The SMILES string of the molecule is NCc1cc(C(=O)O)c(F)nc1OC(F)(F)F. The Kier molecular flexibility index (Phi) is 3.51. The summed E-state index contributed by atoms with van der Waals surface area (Å²) >= 11 is 0. The third kappa shape index (κ3) is 3.28. The van der Waals surface area contributed by atoms with Crippen LogP contribution in [0, 0.1) is 5.95 Å². The van der Waals surface area contributed by atoms with Gasteiger partial charge in [-0.1, -0.05) is 0 Å². The molecule has 1 rings (SSSR count). The van der Waals surface area contributed by atoms with Crippen molar-refractivity contribution < 1.29 is 32.2 Å². The lowest BCUT2D eigenvalue weighted by atomic mass is 10.2. The second-order valence-electron chi connectivity index (χ2n) is 2.85. The quantitative estimate of drug-likeness (QED) is 0.626. The Labute approximate surface area is 91.8 Å². The molecule has 0 amide bonds. The maximum absolute atomic E-state index is 13.0. The highest BCUT2D eigenvalue weighted by molar-refractivity contribution is 5.87. The average Bonchev–Trinajstić information content (AvgIpc) is 2.14. The van der Waals surface area contributed by atoms with Crippen LogP contribution in [0.1, 0.15) is 15.9 Å². The van der Waals surface area contributed by atoms with Gasteiger partial charge in [0.15, 0.2) is 0 Å². The van der Waals surface area contributed by atoms with Crippen molar-refractivity contribution in [1.29, 1.82) is 0 Å². The van der Waals surface area contributed by atoms with Crippen LogP contribution in [0.2, 0.25) is 0 Å². The van der Waals surface area contributed by atoms with E-state index < -0.39 is 36.3 Å². The lowest BCUT2D eigenvalue weighted by Gasteiger charge is -2.11. The summed E-state index contributed by atoms with van der Waals surface area (Å²) in [6.45, 7) is -0.473. The van der Waals surface area contributed by atoms with Crippen molar-refractivity contribution in [2.24, 2.45) is 5.73 Å². The molecule has 0 aliphatic rings. The van der Waals surface area contributed by atoms with E-state index in [2.05, 4.69) is 9.72 Å². The van der Waals surface area contributed by atoms with E-state index in [1.807, 2.05) is 0 Å². The van der Waals surface area contributed by atoms with Crippen molar-refractivity contribution in [3.63, 3.8) is 0 Å². The fourth-order valence-corrected chi connectivity index (χ4v) is 1.01. The number of aromatic nitrogens is 1. The highest BCUT2D eigenvalue weighted by atomic mass is 19.4. The van der Waals surface area contributed by atoms with E-state index in [4.69, 9.17) is 10.8 Å². The van der Waals surface area contributed by atoms with Gasteiger partial charge in [-0.25, -0.2) is 4.79 Å². The van der Waals surface area contributed by atoms with Gasteiger partial charge in [0, 0.05) is 12.1 Å². The first-order valence-electron chi connectivity index (χ1n) is 4.13. The lowest BCUT2D eigenvalue weighted by molar-refractivity contribution is -0.276. The van der Waals surface area contributed by atoms with Crippen LogP contribution < -0.4 is 10.5 Å². The standard InChI is InChI=1S/C8H6F4N2O3/c9-5-4(7(15)16)1-3(2-13)6(14-5)17-8(10,11)12/h1H,2,13H2,(H,15,16). The molecule has 1 aromatic rings. The smallest absolute Gasteiger partial charge is 0.478 e. The van der Waals surface area contributed by atoms with Gasteiger partial charge in [-0.2, -0.15) is 9.37 Å². The van der Waals surface area contributed by atoms with E-state index in [0.29, 0.717) is 6.07 Å². The number of nitrogens with two attached hydrogens (primary N) is 1. The number of alkyl halides is 3. The maximum atomic E-state index is 13.0. The van der Waals surface area contributed by atoms with E-state index in [1.54, 1.807) is 0 Å². The second kappa shape index (κ2) is 4.53. The van der Waals surface area contributed by atoms with Crippen LogP contribution in [0.4, 0.5) is 17.6 Å². The largest absolute Gasteiger partial charge is 0.574 e. The predicted octanol–water partition coefficient (Wildman–Crippen LogP) is 1.28. The third-order valence-corrected chi connectivity index (χ3v) is 1.68. The summed E-state index contributed by atoms with van der Waals surface area (Å²) in [4.78, 5) is 13.3. The predicted molar refractivity (Wildman–Crippen MR) is 45.7 cm³/mol. The first kappa shape index (κ1) is 13.2. The van der Waals surface area contributed by atoms with Gasteiger partial charge in [0.1, 0.15) is 5.56 Å². The Balaban J connectivity index is 3.24. The van der Waals surface area contributed by atoms with Gasteiger partial charge < -0.3 is 15.6 Å². The van der Waals surface area contributed by atoms with Crippen molar-refractivity contribution in [2.75, 3.05) is 0 Å². The minimum atomic E-state index is -5.06. The van der Waals surface area contributed by atoms with Gasteiger partial charge in [-0.3, -0.25) is 0 Å². The highest BCUT2D eigenvalue weighted by Gasteiger charge is 2.33. The van der Waals surface area contributed by atoms with E-state index >= 15 is 0 Å². The highest BCUT2D eigenvalue weighted by Crippen LogP contribution is 2.25.